The minimum atomic E-state index is 0.566. The summed E-state index contributed by atoms with van der Waals surface area (Å²) in [5.41, 5.74) is 2.16. The summed E-state index contributed by atoms with van der Waals surface area (Å²) in [6, 6.07) is 7.21. The van der Waals surface area contributed by atoms with Crippen LogP contribution in [0.4, 0.5) is 5.69 Å². The van der Waals surface area contributed by atoms with Gasteiger partial charge in [-0.3, -0.25) is 4.98 Å². The maximum Gasteiger partial charge on any atom is 0.240 e. The van der Waals surface area contributed by atoms with Gasteiger partial charge in [0.1, 0.15) is 5.75 Å². The molecule has 0 fully saturated rings. The van der Waals surface area contributed by atoms with E-state index in [2.05, 4.69) is 9.98 Å². The van der Waals surface area contributed by atoms with Gasteiger partial charge in [0, 0.05) is 11.1 Å². The number of carbonyl (C=O) groups excluding carboxylic acids is 1. The monoisotopic (exact) mass is 214 g/mol. The van der Waals surface area contributed by atoms with E-state index in [1.165, 1.54) is 0 Å². The Morgan fingerprint density at radius 1 is 1.38 bits per heavy atom. The molecule has 0 aliphatic heterocycles. The third-order valence-corrected chi connectivity index (χ3v) is 2.29. The van der Waals surface area contributed by atoms with Gasteiger partial charge in [-0.05, 0) is 31.2 Å². The zero-order valence-corrected chi connectivity index (χ0v) is 9.02. The number of ether oxygens (including phenoxy) is 1. The van der Waals surface area contributed by atoms with Crippen LogP contribution in [0.5, 0.6) is 5.75 Å². The van der Waals surface area contributed by atoms with E-state index in [9.17, 15) is 4.79 Å². The number of nitrogens with zero attached hydrogens (tertiary/aromatic N) is 2. The number of fused-ring (bicyclic) bond motifs is 1. The molecule has 0 spiro atoms. The number of rotatable bonds is 2. The maximum absolute atomic E-state index is 10.3. The van der Waals surface area contributed by atoms with E-state index in [-0.39, 0.29) is 0 Å². The van der Waals surface area contributed by atoms with Crippen molar-refractivity contribution >= 4 is 22.7 Å². The molecular weight excluding hydrogens is 204 g/mol. The van der Waals surface area contributed by atoms with Crippen LogP contribution in [0.3, 0.4) is 0 Å². The third kappa shape index (κ3) is 1.78. The molecule has 1 heterocycles. The molecule has 2 aromatic rings. The molecule has 4 heteroatoms. The molecule has 4 nitrogen and oxygen atoms in total. The Hall–Kier alpha value is -2.19. The summed E-state index contributed by atoms with van der Waals surface area (Å²) in [4.78, 5) is 18.4. The Labute approximate surface area is 92.6 Å². The van der Waals surface area contributed by atoms with Crippen molar-refractivity contribution in [3.05, 3.63) is 30.0 Å². The lowest BCUT2D eigenvalue weighted by Crippen LogP contribution is -1.87. The number of methoxy groups -OCH3 is 1. The second-order valence-electron chi connectivity index (χ2n) is 3.37. The minimum absolute atomic E-state index is 0.566. The van der Waals surface area contributed by atoms with Gasteiger partial charge < -0.3 is 4.74 Å². The van der Waals surface area contributed by atoms with Crippen molar-refractivity contribution in [3.8, 4) is 5.75 Å². The summed E-state index contributed by atoms with van der Waals surface area (Å²) in [5, 5.41) is 0.785. The Kier molecular flexibility index (Phi) is 2.66. The summed E-state index contributed by atoms with van der Waals surface area (Å²) < 4.78 is 5.12. The van der Waals surface area contributed by atoms with Crippen molar-refractivity contribution < 1.29 is 9.53 Å². The highest BCUT2D eigenvalue weighted by Crippen LogP contribution is 2.28. The van der Waals surface area contributed by atoms with E-state index in [1.54, 1.807) is 25.3 Å². The Morgan fingerprint density at radius 2 is 2.19 bits per heavy atom. The third-order valence-electron chi connectivity index (χ3n) is 2.29. The molecule has 0 unspecified atom stereocenters. The topological polar surface area (TPSA) is 51.6 Å². The maximum atomic E-state index is 10.3. The van der Waals surface area contributed by atoms with E-state index in [1.807, 2.05) is 19.1 Å². The van der Waals surface area contributed by atoms with Crippen molar-refractivity contribution in [1.29, 1.82) is 0 Å². The molecule has 80 valence electrons. The van der Waals surface area contributed by atoms with Gasteiger partial charge in [0.25, 0.3) is 0 Å². The summed E-state index contributed by atoms with van der Waals surface area (Å²) >= 11 is 0. The van der Waals surface area contributed by atoms with Crippen molar-refractivity contribution in [3.63, 3.8) is 0 Å². The zero-order valence-electron chi connectivity index (χ0n) is 9.02. The number of pyridine rings is 1. The lowest BCUT2D eigenvalue weighted by atomic mass is 10.1. The quantitative estimate of drug-likeness (QED) is 0.570. The standard InChI is InChI=1S/C12H10N2O2/c1-8-5-12(13-7-15)10-6-9(16-2)3-4-11(10)14-8/h3-6H,1-2H3. The van der Waals surface area contributed by atoms with Gasteiger partial charge in [0.2, 0.25) is 6.08 Å². The van der Waals surface area contributed by atoms with Crippen LogP contribution in [0.1, 0.15) is 5.69 Å². The average Bonchev–Trinajstić information content (AvgIpc) is 2.29. The summed E-state index contributed by atoms with van der Waals surface area (Å²) in [5.74, 6) is 0.709. The molecule has 0 radical (unpaired) electrons. The van der Waals surface area contributed by atoms with E-state index in [4.69, 9.17) is 4.74 Å². The van der Waals surface area contributed by atoms with E-state index >= 15 is 0 Å². The van der Waals surface area contributed by atoms with Crippen molar-refractivity contribution in [2.75, 3.05) is 7.11 Å². The molecule has 0 saturated heterocycles. The normalized spacial score (nSPS) is 9.88. The smallest absolute Gasteiger partial charge is 0.240 e. The molecule has 0 saturated carbocycles. The molecule has 0 atom stereocenters. The predicted molar refractivity (Wildman–Crippen MR) is 60.8 cm³/mol. The molecule has 16 heavy (non-hydrogen) atoms. The zero-order chi connectivity index (χ0) is 11.5. The molecule has 0 bridgehead atoms. The fourth-order valence-corrected chi connectivity index (χ4v) is 1.58. The van der Waals surface area contributed by atoms with Crippen LogP contribution in [0.15, 0.2) is 29.3 Å². The Balaban J connectivity index is 2.80. The highest BCUT2D eigenvalue weighted by atomic mass is 16.5. The minimum Gasteiger partial charge on any atom is -0.497 e. The lowest BCUT2D eigenvalue weighted by molar-refractivity contribution is 0.415. The lowest BCUT2D eigenvalue weighted by Gasteiger charge is -2.04. The molecule has 2 rings (SSSR count). The first-order valence-corrected chi connectivity index (χ1v) is 4.78. The second-order valence-corrected chi connectivity index (χ2v) is 3.37. The summed E-state index contributed by atoms with van der Waals surface area (Å²) in [7, 11) is 1.59. The predicted octanol–water partition coefficient (Wildman–Crippen LogP) is 2.52. The van der Waals surface area contributed by atoms with Crippen LogP contribution in [0, 0.1) is 6.92 Å². The van der Waals surface area contributed by atoms with Crippen LogP contribution < -0.4 is 4.74 Å². The van der Waals surface area contributed by atoms with Gasteiger partial charge in [0.05, 0.1) is 18.3 Å². The van der Waals surface area contributed by atoms with Gasteiger partial charge >= 0.3 is 0 Å². The Morgan fingerprint density at radius 3 is 2.88 bits per heavy atom. The molecule has 1 aromatic carbocycles. The van der Waals surface area contributed by atoms with Crippen molar-refractivity contribution in [1.82, 2.24) is 4.98 Å². The van der Waals surface area contributed by atoms with Crippen LogP contribution in [-0.4, -0.2) is 18.2 Å². The molecule has 0 N–H and O–H groups in total. The largest absolute Gasteiger partial charge is 0.497 e. The number of hydrogen-bond acceptors (Lipinski definition) is 4. The van der Waals surface area contributed by atoms with Crippen molar-refractivity contribution in [2.24, 2.45) is 4.99 Å². The van der Waals surface area contributed by atoms with Crippen molar-refractivity contribution in [2.45, 2.75) is 6.92 Å². The van der Waals surface area contributed by atoms with Gasteiger partial charge in [-0.2, -0.15) is 4.99 Å². The molecule has 0 amide bonds. The number of aryl methyl sites for hydroxylation is 1. The number of aromatic nitrogens is 1. The Bertz CT molecular complexity index is 587. The number of benzene rings is 1. The molecule has 0 aliphatic carbocycles. The van der Waals surface area contributed by atoms with Gasteiger partial charge in [-0.1, -0.05) is 0 Å². The molecular formula is C12H10N2O2. The van der Waals surface area contributed by atoms with Crippen LogP contribution in [0.2, 0.25) is 0 Å². The summed E-state index contributed by atoms with van der Waals surface area (Å²) in [6.07, 6.45) is 1.55. The van der Waals surface area contributed by atoms with Gasteiger partial charge in [-0.25, -0.2) is 4.79 Å². The highest BCUT2D eigenvalue weighted by Gasteiger charge is 2.04. The first kappa shape index (κ1) is 10.3. The second kappa shape index (κ2) is 4.13. The van der Waals surface area contributed by atoms with Crippen LogP contribution >= 0.6 is 0 Å². The fraction of sp³-hybridized carbons (Fsp3) is 0.167. The van der Waals surface area contributed by atoms with Gasteiger partial charge in [0.15, 0.2) is 0 Å². The number of aliphatic imine (C=N–C) groups is 1. The first-order chi connectivity index (χ1) is 7.74. The SMILES string of the molecule is COc1ccc2nc(C)cc(N=C=O)c2c1. The van der Waals surface area contributed by atoms with E-state index in [0.717, 1.165) is 16.6 Å². The molecule has 0 aliphatic rings. The molecule has 1 aromatic heterocycles. The van der Waals surface area contributed by atoms with Crippen LogP contribution in [-0.2, 0) is 4.79 Å². The number of isocyanates is 1. The highest BCUT2D eigenvalue weighted by molar-refractivity contribution is 5.91. The average molecular weight is 214 g/mol. The number of hydrogen-bond donors (Lipinski definition) is 0. The first-order valence-electron chi connectivity index (χ1n) is 4.78. The van der Waals surface area contributed by atoms with Crippen LogP contribution in [0.25, 0.3) is 10.9 Å². The van der Waals surface area contributed by atoms with E-state index < -0.39 is 0 Å². The van der Waals surface area contributed by atoms with E-state index in [0.29, 0.717) is 11.4 Å². The fourth-order valence-electron chi connectivity index (χ4n) is 1.58. The summed E-state index contributed by atoms with van der Waals surface area (Å²) in [6.45, 7) is 1.85. The van der Waals surface area contributed by atoms with Gasteiger partial charge in [-0.15, -0.1) is 0 Å².